The van der Waals surface area contributed by atoms with Crippen molar-refractivity contribution < 1.29 is 19.1 Å². The van der Waals surface area contributed by atoms with Gasteiger partial charge in [0.05, 0.1) is 11.2 Å². The van der Waals surface area contributed by atoms with E-state index in [2.05, 4.69) is 12.2 Å². The molecule has 0 spiro atoms. The highest BCUT2D eigenvalue weighted by molar-refractivity contribution is 5.93. The van der Waals surface area contributed by atoms with Gasteiger partial charge in [-0.25, -0.2) is 9.18 Å². The lowest BCUT2D eigenvalue weighted by Gasteiger charge is -2.38. The molecule has 1 aliphatic heterocycles. The fraction of sp³-hybridized carbons (Fsp3) is 0.435. The summed E-state index contributed by atoms with van der Waals surface area (Å²) in [5, 5.41) is 9.34. The Kier molecular flexibility index (Phi) is 5.80. The van der Waals surface area contributed by atoms with Gasteiger partial charge in [-0.3, -0.25) is 9.59 Å². The second-order valence-corrected chi connectivity index (χ2v) is 8.08. The summed E-state index contributed by atoms with van der Waals surface area (Å²) in [7, 11) is 0. The highest BCUT2D eigenvalue weighted by Gasteiger charge is 2.28. The Morgan fingerprint density at radius 1 is 1.16 bits per heavy atom. The van der Waals surface area contributed by atoms with E-state index < -0.39 is 17.2 Å². The molecule has 1 amide bonds. The largest absolute Gasteiger partial charge is 0.477 e. The number of hydrogen-bond donors (Lipinski definition) is 1. The lowest BCUT2D eigenvalue weighted by Crippen LogP contribution is -2.50. The minimum absolute atomic E-state index is 0.0383. The van der Waals surface area contributed by atoms with Crippen molar-refractivity contribution in [2.45, 2.75) is 32.7 Å². The van der Waals surface area contributed by atoms with E-state index in [1.807, 2.05) is 16.7 Å². The number of aromatic carboxylic acids is 1. The van der Waals surface area contributed by atoms with Crippen molar-refractivity contribution in [3.05, 3.63) is 52.1 Å². The molecular formula is C23H26FN3O4. The van der Waals surface area contributed by atoms with E-state index in [0.29, 0.717) is 43.9 Å². The Morgan fingerprint density at radius 3 is 2.52 bits per heavy atom. The van der Waals surface area contributed by atoms with Gasteiger partial charge in [0.15, 0.2) is 0 Å². The number of anilines is 1. The first-order valence-corrected chi connectivity index (χ1v) is 10.7. The van der Waals surface area contributed by atoms with E-state index in [-0.39, 0.29) is 22.8 Å². The number of hydrogen-bond acceptors (Lipinski definition) is 4. The van der Waals surface area contributed by atoms with Crippen LogP contribution in [0.3, 0.4) is 0 Å². The van der Waals surface area contributed by atoms with Crippen LogP contribution in [0.25, 0.3) is 10.9 Å². The van der Waals surface area contributed by atoms with Crippen LogP contribution in [0.15, 0.2) is 35.3 Å². The molecule has 1 saturated heterocycles. The zero-order valence-corrected chi connectivity index (χ0v) is 17.5. The first kappa shape index (κ1) is 21.1. The number of carbonyl (C=O) groups is 2. The number of rotatable bonds is 4. The number of halogens is 1. The predicted octanol–water partition coefficient (Wildman–Crippen LogP) is 2.86. The Balaban J connectivity index is 1.59. The van der Waals surface area contributed by atoms with Crippen molar-refractivity contribution in [3.8, 4) is 0 Å². The number of pyridine rings is 1. The number of carbonyl (C=O) groups excluding carboxylic acids is 1. The van der Waals surface area contributed by atoms with E-state index >= 15 is 0 Å². The third kappa shape index (κ3) is 3.94. The quantitative estimate of drug-likeness (QED) is 0.759. The number of piperazine rings is 1. The second kappa shape index (κ2) is 8.53. The number of allylic oxidation sites excluding steroid dienone is 2. The molecule has 4 rings (SSSR count). The topological polar surface area (TPSA) is 82.8 Å². The summed E-state index contributed by atoms with van der Waals surface area (Å²) in [6.07, 6.45) is 8.08. The minimum Gasteiger partial charge on any atom is -0.477 e. The van der Waals surface area contributed by atoms with Crippen LogP contribution in [-0.2, 0) is 11.3 Å². The fourth-order valence-electron chi connectivity index (χ4n) is 4.50. The summed E-state index contributed by atoms with van der Waals surface area (Å²) in [4.78, 5) is 40.4. The summed E-state index contributed by atoms with van der Waals surface area (Å²) in [6, 6.07) is 2.75. The van der Waals surface area contributed by atoms with Crippen molar-refractivity contribution in [1.29, 1.82) is 0 Å². The second-order valence-electron chi connectivity index (χ2n) is 8.08. The zero-order valence-electron chi connectivity index (χ0n) is 17.5. The number of amides is 1. The first-order valence-electron chi connectivity index (χ1n) is 10.7. The van der Waals surface area contributed by atoms with Gasteiger partial charge in [-0.05, 0) is 38.3 Å². The molecule has 2 heterocycles. The first-order chi connectivity index (χ1) is 14.9. The highest BCUT2D eigenvalue weighted by Crippen LogP contribution is 2.27. The molecule has 1 aliphatic carbocycles. The van der Waals surface area contributed by atoms with E-state index in [4.69, 9.17) is 0 Å². The van der Waals surface area contributed by atoms with Gasteiger partial charge in [0.2, 0.25) is 11.3 Å². The fourth-order valence-corrected chi connectivity index (χ4v) is 4.50. The maximum absolute atomic E-state index is 15.0. The number of carboxylic acid groups (broad SMARTS) is 1. The van der Waals surface area contributed by atoms with E-state index in [1.165, 1.54) is 6.20 Å². The molecule has 1 aromatic carbocycles. The van der Waals surface area contributed by atoms with Crippen LogP contribution in [0.4, 0.5) is 10.1 Å². The SMILES string of the molecule is CCn1cc(C(=O)O)c(=O)c2cc(F)c(N3CCN(C(=O)[C@@H]4CC=CCC4)CC3)cc21. The molecule has 0 radical (unpaired) electrons. The van der Waals surface area contributed by atoms with Gasteiger partial charge in [-0.1, -0.05) is 12.2 Å². The van der Waals surface area contributed by atoms with Crippen LogP contribution >= 0.6 is 0 Å². The van der Waals surface area contributed by atoms with Crippen LogP contribution < -0.4 is 10.3 Å². The highest BCUT2D eigenvalue weighted by atomic mass is 19.1. The standard InChI is InChI=1S/C23H26FN3O4/c1-2-25-14-17(23(30)31)21(28)16-12-18(24)20(13-19(16)25)26-8-10-27(11-9-26)22(29)15-6-4-3-5-7-15/h3-4,12-15H,2,5-11H2,1H3,(H,30,31)/t15-/m1/s1. The lowest BCUT2D eigenvalue weighted by molar-refractivity contribution is -0.136. The molecule has 31 heavy (non-hydrogen) atoms. The number of aromatic nitrogens is 1. The van der Waals surface area contributed by atoms with Crippen LogP contribution in [0, 0.1) is 11.7 Å². The molecule has 0 unspecified atom stereocenters. The molecule has 1 aromatic heterocycles. The molecule has 164 valence electrons. The van der Waals surface area contributed by atoms with E-state index in [0.717, 1.165) is 25.3 Å². The Morgan fingerprint density at radius 2 is 1.90 bits per heavy atom. The smallest absolute Gasteiger partial charge is 0.341 e. The zero-order chi connectivity index (χ0) is 22.1. The number of carboxylic acids is 1. The third-order valence-electron chi connectivity index (χ3n) is 6.27. The summed E-state index contributed by atoms with van der Waals surface area (Å²) < 4.78 is 16.6. The predicted molar refractivity (Wildman–Crippen MR) is 116 cm³/mol. The summed E-state index contributed by atoms with van der Waals surface area (Å²) >= 11 is 0. The molecule has 2 aromatic rings. The molecular weight excluding hydrogens is 401 g/mol. The molecule has 0 bridgehead atoms. The summed E-state index contributed by atoms with van der Waals surface area (Å²) in [6.45, 7) is 4.33. The molecule has 1 atom stereocenters. The van der Waals surface area contributed by atoms with Crippen molar-refractivity contribution in [2.24, 2.45) is 5.92 Å². The maximum Gasteiger partial charge on any atom is 0.341 e. The number of aryl methyl sites for hydroxylation is 1. The number of fused-ring (bicyclic) bond motifs is 1. The molecule has 1 N–H and O–H groups in total. The van der Waals surface area contributed by atoms with Gasteiger partial charge in [0.25, 0.3) is 0 Å². The molecule has 7 nitrogen and oxygen atoms in total. The monoisotopic (exact) mass is 427 g/mol. The Labute approximate surface area is 179 Å². The normalized spacial score (nSPS) is 19.1. The Hall–Kier alpha value is -3.16. The van der Waals surface area contributed by atoms with Gasteiger partial charge in [-0.15, -0.1) is 0 Å². The van der Waals surface area contributed by atoms with E-state index in [9.17, 15) is 23.9 Å². The summed E-state index contributed by atoms with van der Waals surface area (Å²) in [5.41, 5.74) is -0.188. The van der Waals surface area contributed by atoms with Crippen LogP contribution in [0.2, 0.25) is 0 Å². The van der Waals surface area contributed by atoms with Gasteiger partial charge < -0.3 is 19.5 Å². The average molecular weight is 427 g/mol. The van der Waals surface area contributed by atoms with Gasteiger partial charge in [0.1, 0.15) is 11.4 Å². The van der Waals surface area contributed by atoms with Crippen molar-refractivity contribution in [1.82, 2.24) is 9.47 Å². The Bertz CT molecular complexity index is 1120. The molecule has 0 saturated carbocycles. The lowest BCUT2D eigenvalue weighted by atomic mass is 9.93. The minimum atomic E-state index is -1.33. The molecule has 1 fully saturated rings. The van der Waals surface area contributed by atoms with Gasteiger partial charge >= 0.3 is 5.97 Å². The number of nitrogens with zero attached hydrogens (tertiary/aromatic N) is 3. The summed E-state index contributed by atoms with van der Waals surface area (Å²) in [5.74, 6) is -1.68. The molecule has 2 aliphatic rings. The third-order valence-corrected chi connectivity index (χ3v) is 6.27. The maximum atomic E-state index is 15.0. The number of benzene rings is 1. The van der Waals surface area contributed by atoms with Gasteiger partial charge in [0, 0.05) is 50.2 Å². The van der Waals surface area contributed by atoms with Crippen LogP contribution in [0.5, 0.6) is 0 Å². The van der Waals surface area contributed by atoms with Crippen molar-refractivity contribution >= 4 is 28.5 Å². The van der Waals surface area contributed by atoms with Crippen molar-refractivity contribution in [3.63, 3.8) is 0 Å². The van der Waals surface area contributed by atoms with Gasteiger partial charge in [-0.2, -0.15) is 0 Å². The van der Waals surface area contributed by atoms with Crippen molar-refractivity contribution in [2.75, 3.05) is 31.1 Å². The molecule has 8 heteroatoms. The van der Waals surface area contributed by atoms with E-state index in [1.54, 1.807) is 10.6 Å². The van der Waals surface area contributed by atoms with Crippen LogP contribution in [-0.4, -0.2) is 52.6 Å². The van der Waals surface area contributed by atoms with Crippen LogP contribution in [0.1, 0.15) is 36.5 Å². The average Bonchev–Trinajstić information content (AvgIpc) is 2.79.